The minimum atomic E-state index is 0.406. The average Bonchev–Trinajstić information content (AvgIpc) is 2.35. The fourth-order valence-corrected chi connectivity index (χ4v) is 3.00. The Morgan fingerprint density at radius 3 is 2.44 bits per heavy atom. The van der Waals surface area contributed by atoms with Crippen molar-refractivity contribution in [1.29, 1.82) is 0 Å². The van der Waals surface area contributed by atoms with Gasteiger partial charge in [-0.3, -0.25) is 4.79 Å². The van der Waals surface area contributed by atoms with Crippen LogP contribution in [0.25, 0.3) is 0 Å². The number of rotatable bonds is 6. The molecule has 18 heavy (non-hydrogen) atoms. The first kappa shape index (κ1) is 13.9. The normalized spacial score (nSPS) is 21.9. The third-order valence-electron chi connectivity index (χ3n) is 4.64. The summed E-state index contributed by atoms with van der Waals surface area (Å²) in [5, 5.41) is 3.41. The minimum absolute atomic E-state index is 0.406. The van der Waals surface area contributed by atoms with Gasteiger partial charge in [-0.15, -0.1) is 0 Å². The van der Waals surface area contributed by atoms with Gasteiger partial charge in [0.1, 0.15) is 0 Å². The molecule has 3 nitrogen and oxygen atoms in total. The molecule has 1 aliphatic heterocycles. The van der Waals surface area contributed by atoms with Crippen molar-refractivity contribution in [2.24, 2.45) is 11.8 Å². The van der Waals surface area contributed by atoms with Crippen LogP contribution in [0, 0.1) is 11.8 Å². The highest BCUT2D eigenvalue weighted by molar-refractivity contribution is 5.76. The molecule has 1 N–H and O–H groups in total. The highest BCUT2D eigenvalue weighted by Crippen LogP contribution is 2.30. The minimum Gasteiger partial charge on any atom is -0.343 e. The van der Waals surface area contributed by atoms with E-state index in [1.54, 1.807) is 0 Å². The summed E-state index contributed by atoms with van der Waals surface area (Å²) in [5.74, 6) is 2.05. The third-order valence-corrected chi connectivity index (χ3v) is 4.64. The summed E-state index contributed by atoms with van der Waals surface area (Å²) in [4.78, 5) is 14.2. The lowest BCUT2D eigenvalue weighted by molar-refractivity contribution is -0.133. The number of nitrogens with one attached hydrogen (secondary N) is 1. The van der Waals surface area contributed by atoms with Gasteiger partial charge < -0.3 is 10.2 Å². The number of hydrogen-bond acceptors (Lipinski definition) is 2. The molecule has 1 saturated heterocycles. The molecule has 0 unspecified atom stereocenters. The van der Waals surface area contributed by atoms with E-state index in [0.717, 1.165) is 50.9 Å². The molecule has 104 valence electrons. The van der Waals surface area contributed by atoms with E-state index in [2.05, 4.69) is 17.1 Å². The average molecular weight is 252 g/mol. The topological polar surface area (TPSA) is 32.3 Å². The molecule has 1 saturated carbocycles. The maximum absolute atomic E-state index is 12.1. The van der Waals surface area contributed by atoms with Crippen LogP contribution < -0.4 is 5.32 Å². The molecule has 3 heteroatoms. The lowest BCUT2D eigenvalue weighted by Crippen LogP contribution is -2.40. The SMILES string of the molecule is CCNCC1CCN(C(=O)CCC2CCC2)CC1. The zero-order valence-corrected chi connectivity index (χ0v) is 11.8. The first-order valence-corrected chi connectivity index (χ1v) is 7.78. The molecule has 1 aliphatic carbocycles. The van der Waals surface area contributed by atoms with E-state index in [1.807, 2.05) is 0 Å². The van der Waals surface area contributed by atoms with E-state index >= 15 is 0 Å². The second-order valence-electron chi connectivity index (χ2n) is 5.97. The van der Waals surface area contributed by atoms with Gasteiger partial charge >= 0.3 is 0 Å². The molecule has 0 aromatic carbocycles. The van der Waals surface area contributed by atoms with Crippen LogP contribution >= 0.6 is 0 Å². The third kappa shape index (κ3) is 3.98. The van der Waals surface area contributed by atoms with Gasteiger partial charge in [0.2, 0.25) is 5.91 Å². The van der Waals surface area contributed by atoms with Crippen molar-refractivity contribution in [2.75, 3.05) is 26.2 Å². The van der Waals surface area contributed by atoms with Crippen molar-refractivity contribution in [1.82, 2.24) is 10.2 Å². The molecule has 0 aromatic rings. The van der Waals surface area contributed by atoms with Crippen LogP contribution in [0.1, 0.15) is 51.9 Å². The summed E-state index contributed by atoms with van der Waals surface area (Å²) in [5.41, 5.74) is 0. The number of nitrogens with zero attached hydrogens (tertiary/aromatic N) is 1. The Hall–Kier alpha value is -0.570. The van der Waals surface area contributed by atoms with Crippen LogP contribution in [0.15, 0.2) is 0 Å². The lowest BCUT2D eigenvalue weighted by Gasteiger charge is -2.33. The summed E-state index contributed by atoms with van der Waals surface area (Å²) in [7, 11) is 0. The molecular weight excluding hydrogens is 224 g/mol. The van der Waals surface area contributed by atoms with Gasteiger partial charge in [-0.05, 0) is 44.2 Å². The molecule has 1 heterocycles. The van der Waals surface area contributed by atoms with Crippen LogP contribution in [0.5, 0.6) is 0 Å². The van der Waals surface area contributed by atoms with Gasteiger partial charge in [0.15, 0.2) is 0 Å². The van der Waals surface area contributed by atoms with Gasteiger partial charge in [0.05, 0.1) is 0 Å². The first-order chi connectivity index (χ1) is 8.79. The second-order valence-corrected chi connectivity index (χ2v) is 5.97. The van der Waals surface area contributed by atoms with Gasteiger partial charge in [-0.25, -0.2) is 0 Å². The highest BCUT2D eigenvalue weighted by Gasteiger charge is 2.24. The Kier molecular flexibility index (Phi) is 5.48. The van der Waals surface area contributed by atoms with Crippen LogP contribution in [-0.4, -0.2) is 37.0 Å². The molecule has 1 amide bonds. The first-order valence-electron chi connectivity index (χ1n) is 7.78. The predicted octanol–water partition coefficient (Wildman–Crippen LogP) is 2.41. The summed E-state index contributed by atoms with van der Waals surface area (Å²) in [6, 6.07) is 0. The Labute approximate surface area is 111 Å². The van der Waals surface area contributed by atoms with Crippen molar-refractivity contribution in [3.8, 4) is 0 Å². The maximum atomic E-state index is 12.1. The number of piperidine rings is 1. The van der Waals surface area contributed by atoms with Crippen molar-refractivity contribution in [2.45, 2.75) is 51.9 Å². The Morgan fingerprint density at radius 2 is 1.89 bits per heavy atom. The molecule has 0 bridgehead atoms. The Balaban J connectivity index is 1.60. The van der Waals surface area contributed by atoms with E-state index < -0.39 is 0 Å². The van der Waals surface area contributed by atoms with E-state index in [9.17, 15) is 4.79 Å². The summed E-state index contributed by atoms with van der Waals surface area (Å²) >= 11 is 0. The van der Waals surface area contributed by atoms with Crippen LogP contribution in [0.4, 0.5) is 0 Å². The Morgan fingerprint density at radius 1 is 1.17 bits per heavy atom. The molecule has 0 atom stereocenters. The number of hydrogen-bond donors (Lipinski definition) is 1. The van der Waals surface area contributed by atoms with Crippen LogP contribution in [0.3, 0.4) is 0 Å². The number of carbonyl (C=O) groups is 1. The zero-order valence-electron chi connectivity index (χ0n) is 11.8. The summed E-state index contributed by atoms with van der Waals surface area (Å²) in [6.45, 7) is 6.30. The van der Waals surface area contributed by atoms with Crippen LogP contribution in [-0.2, 0) is 4.79 Å². The van der Waals surface area contributed by atoms with Gasteiger partial charge in [0.25, 0.3) is 0 Å². The predicted molar refractivity (Wildman–Crippen MR) is 74.4 cm³/mol. The summed E-state index contributed by atoms with van der Waals surface area (Å²) in [6.07, 6.45) is 8.40. The van der Waals surface area contributed by atoms with Gasteiger partial charge in [-0.2, -0.15) is 0 Å². The number of carbonyl (C=O) groups excluding carboxylic acids is 1. The fraction of sp³-hybridized carbons (Fsp3) is 0.933. The van der Waals surface area contributed by atoms with Crippen molar-refractivity contribution in [3.63, 3.8) is 0 Å². The quantitative estimate of drug-likeness (QED) is 0.787. The molecule has 2 rings (SSSR count). The van der Waals surface area contributed by atoms with Crippen molar-refractivity contribution < 1.29 is 4.79 Å². The van der Waals surface area contributed by atoms with Crippen molar-refractivity contribution in [3.05, 3.63) is 0 Å². The molecule has 0 radical (unpaired) electrons. The number of likely N-dealkylation sites (tertiary alicyclic amines) is 1. The summed E-state index contributed by atoms with van der Waals surface area (Å²) < 4.78 is 0. The van der Waals surface area contributed by atoms with Crippen LogP contribution in [0.2, 0.25) is 0 Å². The largest absolute Gasteiger partial charge is 0.343 e. The van der Waals surface area contributed by atoms with Gasteiger partial charge in [-0.1, -0.05) is 26.2 Å². The smallest absolute Gasteiger partial charge is 0.222 e. The molecular formula is C15H28N2O. The lowest BCUT2D eigenvalue weighted by atomic mass is 9.82. The molecule has 2 aliphatic rings. The van der Waals surface area contributed by atoms with E-state index in [0.29, 0.717) is 5.91 Å². The fourth-order valence-electron chi connectivity index (χ4n) is 3.00. The maximum Gasteiger partial charge on any atom is 0.222 e. The van der Waals surface area contributed by atoms with E-state index in [4.69, 9.17) is 0 Å². The van der Waals surface area contributed by atoms with E-state index in [1.165, 1.54) is 32.1 Å². The monoisotopic (exact) mass is 252 g/mol. The van der Waals surface area contributed by atoms with Gasteiger partial charge in [0, 0.05) is 19.5 Å². The van der Waals surface area contributed by atoms with Crippen molar-refractivity contribution >= 4 is 5.91 Å². The Bertz CT molecular complexity index is 255. The molecule has 2 fully saturated rings. The van der Waals surface area contributed by atoms with E-state index in [-0.39, 0.29) is 0 Å². The number of amides is 1. The molecule has 0 aromatic heterocycles. The zero-order chi connectivity index (χ0) is 12.8. The molecule has 0 spiro atoms. The second kappa shape index (κ2) is 7.13. The standard InChI is InChI=1S/C15H28N2O/c1-2-16-12-14-8-10-17(11-9-14)15(18)7-6-13-4-3-5-13/h13-14,16H,2-12H2,1H3. The highest BCUT2D eigenvalue weighted by atomic mass is 16.2.